The molecule has 0 spiro atoms. The molecule has 3 nitrogen and oxygen atoms in total. The Morgan fingerprint density at radius 1 is 1.00 bits per heavy atom. The number of carbonyl (C=O) groups excluding carboxylic acids is 1. The molecule has 0 aliphatic heterocycles. The Balaban J connectivity index is 1.60. The molecule has 1 heterocycles. The Morgan fingerprint density at radius 2 is 1.69 bits per heavy atom. The van der Waals surface area contributed by atoms with E-state index in [0.29, 0.717) is 11.5 Å². The SMILES string of the molecule is CCc1ccc(NC(=O)c2cc(COc3cc(C)cc(C)c3)cs2)cc1. The van der Waals surface area contributed by atoms with Gasteiger partial charge in [-0.2, -0.15) is 0 Å². The minimum absolute atomic E-state index is 0.0862. The monoisotopic (exact) mass is 365 g/mol. The topological polar surface area (TPSA) is 38.3 Å². The molecule has 0 saturated carbocycles. The fraction of sp³-hybridized carbons (Fsp3) is 0.227. The van der Waals surface area contributed by atoms with E-state index in [1.807, 2.05) is 47.8 Å². The third kappa shape index (κ3) is 4.73. The molecule has 134 valence electrons. The van der Waals surface area contributed by atoms with Crippen molar-refractivity contribution in [2.45, 2.75) is 33.8 Å². The number of nitrogens with one attached hydrogen (secondary N) is 1. The Hall–Kier alpha value is -2.59. The number of benzene rings is 2. The van der Waals surface area contributed by atoms with Gasteiger partial charge < -0.3 is 10.1 Å². The van der Waals surface area contributed by atoms with Gasteiger partial charge in [-0.1, -0.05) is 25.1 Å². The molecule has 0 bridgehead atoms. The molecule has 1 amide bonds. The maximum atomic E-state index is 12.4. The lowest BCUT2D eigenvalue weighted by Gasteiger charge is -2.07. The minimum atomic E-state index is -0.0862. The molecule has 0 aliphatic carbocycles. The smallest absolute Gasteiger partial charge is 0.265 e. The Kier molecular flexibility index (Phi) is 5.74. The van der Waals surface area contributed by atoms with Gasteiger partial charge in [0.2, 0.25) is 0 Å². The fourth-order valence-corrected chi connectivity index (χ4v) is 3.56. The summed E-state index contributed by atoms with van der Waals surface area (Å²) in [4.78, 5) is 13.1. The summed E-state index contributed by atoms with van der Waals surface area (Å²) in [6.07, 6.45) is 0.989. The van der Waals surface area contributed by atoms with Crippen molar-refractivity contribution in [3.63, 3.8) is 0 Å². The van der Waals surface area contributed by atoms with Crippen LogP contribution in [0.25, 0.3) is 0 Å². The lowest BCUT2D eigenvalue weighted by molar-refractivity contribution is 0.103. The first-order chi connectivity index (χ1) is 12.5. The number of amides is 1. The summed E-state index contributed by atoms with van der Waals surface area (Å²) < 4.78 is 5.87. The van der Waals surface area contributed by atoms with Crippen molar-refractivity contribution in [1.29, 1.82) is 0 Å². The van der Waals surface area contributed by atoms with E-state index in [-0.39, 0.29) is 5.91 Å². The number of hydrogen-bond donors (Lipinski definition) is 1. The standard InChI is InChI=1S/C22H23NO2S/c1-4-17-5-7-19(8-6-17)23-22(24)21-12-18(14-26-21)13-25-20-10-15(2)9-16(3)11-20/h5-12,14H,4,13H2,1-3H3,(H,23,24). The van der Waals surface area contributed by atoms with Crippen LogP contribution in [0.3, 0.4) is 0 Å². The van der Waals surface area contributed by atoms with Crippen LogP contribution in [-0.4, -0.2) is 5.91 Å². The Labute approximate surface area is 158 Å². The third-order valence-electron chi connectivity index (χ3n) is 4.10. The van der Waals surface area contributed by atoms with Crippen molar-refractivity contribution in [2.24, 2.45) is 0 Å². The molecule has 26 heavy (non-hydrogen) atoms. The van der Waals surface area contributed by atoms with E-state index in [4.69, 9.17) is 4.74 Å². The first-order valence-corrected chi connectivity index (χ1v) is 9.60. The van der Waals surface area contributed by atoms with Crippen LogP contribution >= 0.6 is 11.3 Å². The maximum Gasteiger partial charge on any atom is 0.265 e. The normalized spacial score (nSPS) is 10.6. The summed E-state index contributed by atoms with van der Waals surface area (Å²) in [7, 11) is 0. The number of hydrogen-bond acceptors (Lipinski definition) is 3. The minimum Gasteiger partial charge on any atom is -0.489 e. The van der Waals surface area contributed by atoms with Crippen molar-refractivity contribution in [3.05, 3.63) is 81.0 Å². The molecule has 0 aliphatic rings. The predicted octanol–water partition coefficient (Wildman–Crippen LogP) is 5.76. The molecule has 0 saturated heterocycles. The summed E-state index contributed by atoms with van der Waals surface area (Å²) in [5.41, 5.74) is 5.43. The van der Waals surface area contributed by atoms with Crippen LogP contribution in [-0.2, 0) is 13.0 Å². The van der Waals surface area contributed by atoms with Crippen molar-refractivity contribution in [1.82, 2.24) is 0 Å². The van der Waals surface area contributed by atoms with Gasteiger partial charge in [0.1, 0.15) is 12.4 Å². The lowest BCUT2D eigenvalue weighted by Crippen LogP contribution is -2.10. The third-order valence-corrected chi connectivity index (χ3v) is 5.08. The van der Waals surface area contributed by atoms with E-state index in [1.165, 1.54) is 28.0 Å². The van der Waals surface area contributed by atoms with Gasteiger partial charge >= 0.3 is 0 Å². The number of thiophene rings is 1. The fourth-order valence-electron chi connectivity index (χ4n) is 2.77. The van der Waals surface area contributed by atoms with E-state index >= 15 is 0 Å². The highest BCUT2D eigenvalue weighted by atomic mass is 32.1. The van der Waals surface area contributed by atoms with Gasteiger partial charge in [-0.25, -0.2) is 0 Å². The second-order valence-electron chi connectivity index (χ2n) is 6.44. The second kappa shape index (κ2) is 8.19. The van der Waals surface area contributed by atoms with E-state index in [9.17, 15) is 4.79 Å². The molecule has 1 aromatic heterocycles. The largest absolute Gasteiger partial charge is 0.489 e. The Bertz CT molecular complexity index is 877. The summed E-state index contributed by atoms with van der Waals surface area (Å²) in [6.45, 7) is 6.68. The summed E-state index contributed by atoms with van der Waals surface area (Å²) in [5.74, 6) is 0.771. The summed E-state index contributed by atoms with van der Waals surface area (Å²) in [5, 5.41) is 4.91. The number of carbonyl (C=O) groups is 1. The second-order valence-corrected chi connectivity index (χ2v) is 7.35. The van der Waals surface area contributed by atoms with Crippen LogP contribution in [0.2, 0.25) is 0 Å². The van der Waals surface area contributed by atoms with Crippen LogP contribution in [0.4, 0.5) is 5.69 Å². The molecular formula is C22H23NO2S. The van der Waals surface area contributed by atoms with Gasteiger partial charge in [-0.15, -0.1) is 11.3 Å². The highest BCUT2D eigenvalue weighted by Gasteiger charge is 2.10. The molecule has 2 aromatic carbocycles. The van der Waals surface area contributed by atoms with Gasteiger partial charge in [0.25, 0.3) is 5.91 Å². The molecule has 0 unspecified atom stereocenters. The highest BCUT2D eigenvalue weighted by Crippen LogP contribution is 2.21. The number of rotatable bonds is 6. The van der Waals surface area contributed by atoms with Crippen molar-refractivity contribution < 1.29 is 9.53 Å². The van der Waals surface area contributed by atoms with E-state index in [2.05, 4.69) is 32.2 Å². The number of anilines is 1. The average Bonchev–Trinajstić information content (AvgIpc) is 3.09. The molecule has 0 fully saturated rings. The van der Waals surface area contributed by atoms with Gasteiger partial charge in [0.15, 0.2) is 0 Å². The summed E-state index contributed by atoms with van der Waals surface area (Å²) in [6, 6.07) is 16.0. The molecule has 1 N–H and O–H groups in total. The van der Waals surface area contributed by atoms with Gasteiger partial charge in [-0.05, 0) is 72.7 Å². The lowest BCUT2D eigenvalue weighted by atomic mass is 10.1. The zero-order valence-corrected chi connectivity index (χ0v) is 16.2. The molecule has 0 radical (unpaired) electrons. The van der Waals surface area contributed by atoms with Crippen LogP contribution in [0.1, 0.15) is 38.8 Å². The van der Waals surface area contributed by atoms with Gasteiger partial charge in [0.05, 0.1) is 4.88 Å². The van der Waals surface area contributed by atoms with Gasteiger partial charge in [0, 0.05) is 11.3 Å². The quantitative estimate of drug-likeness (QED) is 0.603. The van der Waals surface area contributed by atoms with E-state index < -0.39 is 0 Å². The van der Waals surface area contributed by atoms with Crippen molar-refractivity contribution >= 4 is 22.9 Å². The first-order valence-electron chi connectivity index (χ1n) is 8.72. The predicted molar refractivity (Wildman–Crippen MR) is 108 cm³/mol. The molecular weight excluding hydrogens is 342 g/mol. The summed E-state index contributed by atoms with van der Waals surface area (Å²) >= 11 is 1.43. The molecule has 3 aromatic rings. The van der Waals surface area contributed by atoms with Crippen molar-refractivity contribution in [2.75, 3.05) is 5.32 Å². The Morgan fingerprint density at radius 3 is 2.35 bits per heavy atom. The van der Waals surface area contributed by atoms with Crippen LogP contribution in [0, 0.1) is 13.8 Å². The zero-order chi connectivity index (χ0) is 18.5. The molecule has 0 atom stereocenters. The first kappa shape index (κ1) is 18.2. The number of aryl methyl sites for hydroxylation is 3. The van der Waals surface area contributed by atoms with Gasteiger partial charge in [-0.3, -0.25) is 4.79 Å². The molecule has 3 rings (SSSR count). The van der Waals surface area contributed by atoms with E-state index in [0.717, 1.165) is 23.4 Å². The number of ether oxygens (including phenoxy) is 1. The molecule has 4 heteroatoms. The van der Waals surface area contributed by atoms with Crippen LogP contribution in [0.15, 0.2) is 53.9 Å². The van der Waals surface area contributed by atoms with Crippen LogP contribution in [0.5, 0.6) is 5.75 Å². The average molecular weight is 365 g/mol. The zero-order valence-electron chi connectivity index (χ0n) is 15.3. The van der Waals surface area contributed by atoms with E-state index in [1.54, 1.807) is 0 Å². The van der Waals surface area contributed by atoms with Crippen LogP contribution < -0.4 is 10.1 Å². The van der Waals surface area contributed by atoms with Crippen molar-refractivity contribution in [3.8, 4) is 5.75 Å². The highest BCUT2D eigenvalue weighted by molar-refractivity contribution is 7.12. The maximum absolute atomic E-state index is 12.4.